The smallest absolute Gasteiger partial charge is 0.262 e. The second-order valence-corrected chi connectivity index (χ2v) is 7.67. The largest absolute Gasteiger partial charge is 0.276 e. The summed E-state index contributed by atoms with van der Waals surface area (Å²) in [5, 5.41) is 9.10. The number of aryl methyl sites for hydroxylation is 1. The average Bonchev–Trinajstić information content (AvgIpc) is 3.32. The molecule has 0 unspecified atom stereocenters. The van der Waals surface area contributed by atoms with E-state index in [1.807, 2.05) is 18.2 Å². The lowest BCUT2D eigenvalue weighted by Crippen LogP contribution is -2.30. The van der Waals surface area contributed by atoms with Crippen molar-refractivity contribution < 1.29 is 9.59 Å². The summed E-state index contributed by atoms with van der Waals surface area (Å²) in [5.74, 6) is 0.159. The Hall–Kier alpha value is -3.81. The van der Waals surface area contributed by atoms with Crippen molar-refractivity contribution >= 4 is 28.5 Å². The Labute approximate surface area is 177 Å². The third kappa shape index (κ3) is 2.94. The van der Waals surface area contributed by atoms with E-state index in [4.69, 9.17) is 0 Å². The molecule has 0 atom stereocenters. The zero-order valence-corrected chi connectivity index (χ0v) is 17.1. The van der Waals surface area contributed by atoms with E-state index in [1.165, 1.54) is 4.90 Å². The highest BCUT2D eigenvalue weighted by Crippen LogP contribution is 2.25. The molecule has 8 nitrogen and oxygen atoms in total. The van der Waals surface area contributed by atoms with Crippen LogP contribution in [0, 0.1) is 0 Å². The highest BCUT2D eigenvalue weighted by Gasteiger charge is 2.36. The first-order valence-electron chi connectivity index (χ1n) is 10.4. The highest BCUT2D eigenvalue weighted by molar-refractivity contribution is 6.21. The fourth-order valence-corrected chi connectivity index (χ4v) is 4.16. The Morgan fingerprint density at radius 3 is 2.23 bits per heavy atom. The van der Waals surface area contributed by atoms with Crippen molar-refractivity contribution in [3.63, 3.8) is 0 Å². The number of hydrogen-bond acceptors (Lipinski definition) is 5. The number of carbonyl (C=O) groups is 2. The van der Waals surface area contributed by atoms with Gasteiger partial charge in [0.15, 0.2) is 5.82 Å². The maximum atomic E-state index is 13.1. The van der Waals surface area contributed by atoms with Crippen molar-refractivity contribution in [2.45, 2.75) is 39.3 Å². The summed E-state index contributed by atoms with van der Waals surface area (Å²) >= 11 is 0. The molecule has 0 saturated heterocycles. The van der Waals surface area contributed by atoms with Crippen LogP contribution in [0.4, 0.5) is 0 Å². The molecular formula is C23H21N5O3. The average molecular weight is 415 g/mol. The summed E-state index contributed by atoms with van der Waals surface area (Å²) in [6.07, 6.45) is 2.89. The zero-order valence-electron chi connectivity index (χ0n) is 17.1. The highest BCUT2D eigenvalue weighted by atomic mass is 16.2. The lowest BCUT2D eigenvalue weighted by Gasteiger charge is -2.14. The van der Waals surface area contributed by atoms with Gasteiger partial charge in [-0.3, -0.25) is 28.3 Å². The van der Waals surface area contributed by atoms with E-state index in [0.29, 0.717) is 40.2 Å². The summed E-state index contributed by atoms with van der Waals surface area (Å²) in [6.45, 7) is 2.62. The number of imide groups is 1. The number of hydrogen-bond donors (Lipinski definition) is 0. The predicted octanol–water partition coefficient (Wildman–Crippen LogP) is 3.03. The third-order valence-corrected chi connectivity index (χ3v) is 5.74. The van der Waals surface area contributed by atoms with Crippen molar-refractivity contribution in [2.24, 2.45) is 0 Å². The monoisotopic (exact) mass is 415 g/mol. The van der Waals surface area contributed by atoms with Crippen molar-refractivity contribution in [3.8, 4) is 0 Å². The van der Waals surface area contributed by atoms with E-state index >= 15 is 0 Å². The normalized spacial score (nSPS) is 13.5. The molecule has 1 aliphatic heterocycles. The van der Waals surface area contributed by atoms with Gasteiger partial charge in [0, 0.05) is 6.54 Å². The van der Waals surface area contributed by atoms with Crippen LogP contribution in [0.1, 0.15) is 52.7 Å². The molecule has 3 heterocycles. The van der Waals surface area contributed by atoms with Gasteiger partial charge in [-0.15, -0.1) is 10.2 Å². The fraction of sp³-hybridized carbons (Fsp3) is 0.261. The maximum Gasteiger partial charge on any atom is 0.262 e. The number of rotatable bonds is 6. The number of nitrogens with zero attached hydrogens (tertiary/aromatic N) is 5. The number of fused-ring (bicyclic) bond motifs is 4. The number of unbranched alkanes of at least 4 members (excludes halogenated alkanes) is 2. The van der Waals surface area contributed by atoms with Crippen LogP contribution in [0.3, 0.4) is 0 Å². The van der Waals surface area contributed by atoms with E-state index in [9.17, 15) is 14.4 Å². The summed E-state index contributed by atoms with van der Waals surface area (Å²) in [4.78, 5) is 39.9. The summed E-state index contributed by atoms with van der Waals surface area (Å²) < 4.78 is 3.42. The molecule has 0 spiro atoms. The quantitative estimate of drug-likeness (QED) is 0.357. The van der Waals surface area contributed by atoms with Gasteiger partial charge >= 0.3 is 0 Å². The molecule has 156 valence electrons. The first kappa shape index (κ1) is 19.2. The molecule has 8 heteroatoms. The minimum absolute atomic E-state index is 0.0231. The van der Waals surface area contributed by atoms with Gasteiger partial charge in [-0.25, -0.2) is 0 Å². The molecule has 2 amide bonds. The van der Waals surface area contributed by atoms with Gasteiger partial charge in [-0.1, -0.05) is 44.0 Å². The molecule has 0 N–H and O–H groups in total. The van der Waals surface area contributed by atoms with Crippen molar-refractivity contribution in [3.05, 3.63) is 75.8 Å². The molecule has 0 bridgehead atoms. The minimum atomic E-state index is -0.349. The van der Waals surface area contributed by atoms with E-state index in [0.717, 1.165) is 19.3 Å². The van der Waals surface area contributed by atoms with E-state index in [-0.39, 0.29) is 23.9 Å². The van der Waals surface area contributed by atoms with Crippen LogP contribution in [0.25, 0.3) is 16.7 Å². The van der Waals surface area contributed by atoms with Crippen molar-refractivity contribution in [2.75, 3.05) is 0 Å². The topological polar surface area (TPSA) is 89.6 Å². The van der Waals surface area contributed by atoms with Crippen LogP contribution in [0.2, 0.25) is 0 Å². The van der Waals surface area contributed by atoms with E-state index in [2.05, 4.69) is 17.1 Å². The molecule has 2 aromatic heterocycles. The second-order valence-electron chi connectivity index (χ2n) is 7.67. The van der Waals surface area contributed by atoms with Gasteiger partial charge in [-0.05, 0) is 30.7 Å². The van der Waals surface area contributed by atoms with Crippen molar-refractivity contribution in [1.29, 1.82) is 0 Å². The van der Waals surface area contributed by atoms with Gasteiger partial charge in [0.05, 0.1) is 28.6 Å². The zero-order chi connectivity index (χ0) is 21.5. The van der Waals surface area contributed by atoms with Crippen LogP contribution in [-0.2, 0) is 13.1 Å². The Morgan fingerprint density at radius 1 is 0.839 bits per heavy atom. The molecule has 0 saturated carbocycles. The van der Waals surface area contributed by atoms with Crippen molar-refractivity contribution in [1.82, 2.24) is 24.1 Å². The Balaban J connectivity index is 1.63. The summed E-state index contributed by atoms with van der Waals surface area (Å²) in [6, 6.07) is 14.0. The molecule has 0 radical (unpaired) electrons. The molecule has 2 aromatic carbocycles. The molecule has 5 rings (SSSR count). The maximum absolute atomic E-state index is 13.1. The SMILES string of the molecule is CCCCCn1c(=O)c2ccccc2n2c(CN3C(=O)c4ccccc4C3=O)nnc12. The van der Waals surface area contributed by atoms with E-state index in [1.54, 1.807) is 39.3 Å². The third-order valence-electron chi connectivity index (χ3n) is 5.74. The fourth-order valence-electron chi connectivity index (χ4n) is 4.16. The Kier molecular flexibility index (Phi) is 4.62. The predicted molar refractivity (Wildman–Crippen MR) is 115 cm³/mol. The van der Waals surface area contributed by atoms with Crippen LogP contribution in [-0.4, -0.2) is 35.9 Å². The van der Waals surface area contributed by atoms with Crippen LogP contribution in [0.15, 0.2) is 53.3 Å². The summed E-state index contributed by atoms with van der Waals surface area (Å²) in [7, 11) is 0. The molecule has 0 aliphatic carbocycles. The minimum Gasteiger partial charge on any atom is -0.276 e. The number of benzene rings is 2. The number of carbonyl (C=O) groups excluding carboxylic acids is 2. The lowest BCUT2D eigenvalue weighted by molar-refractivity contribution is 0.0638. The second kappa shape index (κ2) is 7.46. The first-order chi connectivity index (χ1) is 15.1. The van der Waals surface area contributed by atoms with Crippen LogP contribution >= 0.6 is 0 Å². The molecule has 31 heavy (non-hydrogen) atoms. The van der Waals surface area contributed by atoms with Crippen LogP contribution in [0.5, 0.6) is 0 Å². The molecular weight excluding hydrogens is 394 g/mol. The van der Waals surface area contributed by atoms with Gasteiger partial charge in [0.2, 0.25) is 5.78 Å². The standard InChI is InChI=1S/C23H21N5O3/c1-2-3-8-13-26-22(31)17-11-6-7-12-18(17)28-19(24-25-23(26)28)14-27-20(29)15-9-4-5-10-16(15)21(27)30/h4-7,9-12H,2-3,8,13-14H2,1H3. The summed E-state index contributed by atoms with van der Waals surface area (Å²) in [5.41, 5.74) is 1.33. The lowest BCUT2D eigenvalue weighted by atomic mass is 10.1. The molecule has 1 aliphatic rings. The van der Waals surface area contributed by atoms with E-state index < -0.39 is 0 Å². The van der Waals surface area contributed by atoms with Gasteiger partial charge in [-0.2, -0.15) is 0 Å². The number of aromatic nitrogens is 4. The molecule has 4 aromatic rings. The Morgan fingerprint density at radius 2 is 1.52 bits per heavy atom. The van der Waals surface area contributed by atoms with Gasteiger partial charge in [0.25, 0.3) is 17.4 Å². The number of para-hydroxylation sites is 1. The van der Waals surface area contributed by atoms with Gasteiger partial charge < -0.3 is 0 Å². The van der Waals surface area contributed by atoms with Crippen LogP contribution < -0.4 is 5.56 Å². The Bertz CT molecular complexity index is 1370. The first-order valence-corrected chi connectivity index (χ1v) is 10.4. The molecule has 0 fully saturated rings. The van der Waals surface area contributed by atoms with Gasteiger partial charge in [0.1, 0.15) is 0 Å². The number of amides is 2.